The number of hydrogen-bond acceptors (Lipinski definition) is 6. The van der Waals surface area contributed by atoms with Gasteiger partial charge in [0.25, 0.3) is 5.91 Å². The molecule has 0 bridgehead atoms. The Bertz CT molecular complexity index is 1420. The van der Waals surface area contributed by atoms with Gasteiger partial charge in [-0.1, -0.05) is 35.3 Å². The van der Waals surface area contributed by atoms with E-state index in [1.807, 2.05) is 21.9 Å². The highest BCUT2D eigenvalue weighted by Crippen LogP contribution is 2.37. The molecule has 2 aliphatic rings. The van der Waals surface area contributed by atoms with Crippen LogP contribution < -0.4 is 10.5 Å². The van der Waals surface area contributed by atoms with Gasteiger partial charge in [-0.15, -0.1) is 0 Å². The first-order valence-corrected chi connectivity index (χ1v) is 14.4. The Labute approximate surface area is 248 Å². The number of piperazine rings is 1. The SMILES string of the molecule is CC(Oc1cc(-c2ccc(C(=O)N3CCN(CC(=O)N4CCCC4)CC3)cc2)cnc1N)c1c(Cl)ccc(F)c1Cl. The van der Waals surface area contributed by atoms with Crippen molar-refractivity contribution >= 4 is 40.8 Å². The van der Waals surface area contributed by atoms with Crippen LogP contribution in [0.15, 0.2) is 48.7 Å². The number of nitrogen functional groups attached to an aromatic ring is 1. The summed E-state index contributed by atoms with van der Waals surface area (Å²) < 4.78 is 20.0. The minimum Gasteiger partial charge on any atom is -0.482 e. The van der Waals surface area contributed by atoms with Gasteiger partial charge in [0.1, 0.15) is 11.9 Å². The zero-order valence-electron chi connectivity index (χ0n) is 22.8. The summed E-state index contributed by atoms with van der Waals surface area (Å²) in [6, 6.07) is 11.6. The van der Waals surface area contributed by atoms with E-state index in [0.29, 0.717) is 49.6 Å². The van der Waals surface area contributed by atoms with Gasteiger partial charge in [-0.25, -0.2) is 9.37 Å². The predicted octanol–water partition coefficient (Wildman–Crippen LogP) is 5.30. The van der Waals surface area contributed by atoms with Gasteiger partial charge in [0.2, 0.25) is 5.91 Å². The number of ether oxygens (including phenoxy) is 1. The summed E-state index contributed by atoms with van der Waals surface area (Å²) in [5, 5.41) is 0.175. The smallest absolute Gasteiger partial charge is 0.253 e. The quantitative estimate of drug-likeness (QED) is 0.371. The molecular formula is C30H32Cl2FN5O3. The number of nitrogens with two attached hydrogens (primary N) is 1. The van der Waals surface area contributed by atoms with Crippen LogP contribution in [0.4, 0.5) is 10.2 Å². The van der Waals surface area contributed by atoms with Crippen molar-refractivity contribution in [2.45, 2.75) is 25.9 Å². The number of carbonyl (C=O) groups excluding carboxylic acids is 2. The Morgan fingerprint density at radius 1 is 0.976 bits per heavy atom. The molecule has 1 aromatic heterocycles. The van der Waals surface area contributed by atoms with Crippen LogP contribution in [0.1, 0.15) is 41.8 Å². The van der Waals surface area contributed by atoms with E-state index in [0.717, 1.165) is 37.1 Å². The largest absolute Gasteiger partial charge is 0.482 e. The summed E-state index contributed by atoms with van der Waals surface area (Å²) in [7, 11) is 0. The van der Waals surface area contributed by atoms with E-state index in [9.17, 15) is 14.0 Å². The number of halogens is 3. The van der Waals surface area contributed by atoms with Crippen molar-refractivity contribution < 1.29 is 18.7 Å². The lowest BCUT2D eigenvalue weighted by atomic mass is 10.0. The van der Waals surface area contributed by atoms with Gasteiger partial charge >= 0.3 is 0 Å². The maximum atomic E-state index is 14.0. The van der Waals surface area contributed by atoms with Gasteiger partial charge in [0.15, 0.2) is 11.6 Å². The lowest BCUT2D eigenvalue weighted by molar-refractivity contribution is -0.131. The fraction of sp³-hybridized carbons (Fsp3) is 0.367. The van der Waals surface area contributed by atoms with Crippen LogP contribution >= 0.6 is 23.2 Å². The Hall–Kier alpha value is -3.40. The number of amides is 2. The van der Waals surface area contributed by atoms with E-state index in [4.69, 9.17) is 33.7 Å². The molecule has 3 heterocycles. The van der Waals surface area contributed by atoms with Crippen LogP contribution in [0, 0.1) is 5.82 Å². The molecule has 3 aromatic rings. The van der Waals surface area contributed by atoms with E-state index in [1.165, 1.54) is 12.1 Å². The average Bonchev–Trinajstić information content (AvgIpc) is 3.52. The molecule has 1 atom stereocenters. The van der Waals surface area contributed by atoms with Crippen molar-refractivity contribution in [1.82, 2.24) is 19.7 Å². The Morgan fingerprint density at radius 2 is 1.66 bits per heavy atom. The van der Waals surface area contributed by atoms with Crippen LogP contribution in [-0.4, -0.2) is 77.3 Å². The van der Waals surface area contributed by atoms with Gasteiger partial charge in [-0.2, -0.15) is 0 Å². The third-order valence-corrected chi connectivity index (χ3v) is 8.33. The number of benzene rings is 2. The van der Waals surface area contributed by atoms with Gasteiger partial charge in [0.05, 0.1) is 11.6 Å². The number of nitrogens with zero attached hydrogens (tertiary/aromatic N) is 4. The Kier molecular flexibility index (Phi) is 8.97. The third-order valence-electron chi connectivity index (χ3n) is 7.61. The van der Waals surface area contributed by atoms with Crippen molar-refractivity contribution in [3.63, 3.8) is 0 Å². The second kappa shape index (κ2) is 12.6. The van der Waals surface area contributed by atoms with E-state index in [2.05, 4.69) is 9.88 Å². The summed E-state index contributed by atoms with van der Waals surface area (Å²) in [5.74, 6) is 0.00856. The van der Waals surface area contributed by atoms with Crippen molar-refractivity contribution in [3.8, 4) is 16.9 Å². The molecule has 0 spiro atoms. The maximum Gasteiger partial charge on any atom is 0.253 e. The average molecular weight is 601 g/mol. The molecule has 0 aliphatic carbocycles. The number of pyridine rings is 1. The molecule has 2 saturated heterocycles. The van der Waals surface area contributed by atoms with Crippen LogP contribution in [0.5, 0.6) is 5.75 Å². The van der Waals surface area contributed by atoms with E-state index >= 15 is 0 Å². The van der Waals surface area contributed by atoms with Crippen LogP contribution in [0.25, 0.3) is 11.1 Å². The van der Waals surface area contributed by atoms with Gasteiger partial charge in [-0.3, -0.25) is 14.5 Å². The first-order chi connectivity index (χ1) is 19.7. The number of rotatable bonds is 7. The predicted molar refractivity (Wildman–Crippen MR) is 158 cm³/mol. The van der Waals surface area contributed by atoms with E-state index < -0.39 is 11.9 Å². The molecule has 41 heavy (non-hydrogen) atoms. The summed E-state index contributed by atoms with van der Waals surface area (Å²) >= 11 is 12.4. The molecule has 8 nitrogen and oxygen atoms in total. The molecule has 0 radical (unpaired) electrons. The fourth-order valence-electron chi connectivity index (χ4n) is 5.23. The second-order valence-corrected chi connectivity index (χ2v) is 11.1. The Morgan fingerprint density at radius 3 is 2.34 bits per heavy atom. The molecule has 2 N–H and O–H groups in total. The van der Waals surface area contributed by atoms with Crippen molar-refractivity contribution in [3.05, 3.63) is 75.7 Å². The molecule has 216 valence electrons. The number of aromatic nitrogens is 1. The molecular weight excluding hydrogens is 568 g/mol. The van der Waals surface area contributed by atoms with Crippen molar-refractivity contribution in [2.24, 2.45) is 0 Å². The lowest BCUT2D eigenvalue weighted by Gasteiger charge is -2.35. The first kappa shape index (κ1) is 29.1. The molecule has 2 fully saturated rings. The zero-order valence-corrected chi connectivity index (χ0v) is 24.3. The molecule has 1 unspecified atom stereocenters. The van der Waals surface area contributed by atoms with Crippen LogP contribution in [0.2, 0.25) is 10.0 Å². The highest BCUT2D eigenvalue weighted by atomic mass is 35.5. The molecule has 11 heteroatoms. The van der Waals surface area contributed by atoms with Gasteiger partial charge < -0.3 is 20.3 Å². The molecule has 2 amide bonds. The van der Waals surface area contributed by atoms with E-state index in [1.54, 1.807) is 31.3 Å². The monoisotopic (exact) mass is 599 g/mol. The summed E-state index contributed by atoms with van der Waals surface area (Å²) in [6.07, 6.45) is 3.09. The number of anilines is 1. The molecule has 5 rings (SSSR count). The first-order valence-electron chi connectivity index (χ1n) is 13.7. The Balaban J connectivity index is 1.21. The van der Waals surface area contributed by atoms with Gasteiger partial charge in [0, 0.05) is 67.2 Å². The van der Waals surface area contributed by atoms with E-state index in [-0.39, 0.29) is 27.7 Å². The topological polar surface area (TPSA) is 92.0 Å². The standard InChI is InChI=1S/C30H32Cl2FN5O3/c1-19(27-23(31)8-9-24(33)28(27)32)41-25-16-22(17-35-29(25)34)20-4-6-21(7-5-20)30(40)38-14-12-36(13-15-38)18-26(39)37-10-2-3-11-37/h4-9,16-17,19H,2-3,10-15,18H2,1H3,(H2,34,35). The number of hydrogen-bond donors (Lipinski definition) is 1. The summed E-state index contributed by atoms with van der Waals surface area (Å²) in [6.45, 7) is 6.32. The third kappa shape index (κ3) is 6.58. The van der Waals surface area contributed by atoms with Crippen LogP contribution in [0.3, 0.4) is 0 Å². The second-order valence-electron chi connectivity index (χ2n) is 10.4. The number of likely N-dealkylation sites (tertiary alicyclic amines) is 1. The summed E-state index contributed by atoms with van der Waals surface area (Å²) in [5.41, 5.74) is 8.51. The molecule has 2 aliphatic heterocycles. The highest BCUT2D eigenvalue weighted by molar-refractivity contribution is 6.36. The minimum absolute atomic E-state index is 0.0424. The summed E-state index contributed by atoms with van der Waals surface area (Å²) in [4.78, 5) is 35.7. The van der Waals surface area contributed by atoms with Gasteiger partial charge in [-0.05, 0) is 55.7 Å². The van der Waals surface area contributed by atoms with Crippen molar-refractivity contribution in [1.29, 1.82) is 0 Å². The lowest BCUT2D eigenvalue weighted by Crippen LogP contribution is -2.51. The fourth-order valence-corrected chi connectivity index (χ4v) is 5.90. The highest BCUT2D eigenvalue weighted by Gasteiger charge is 2.26. The molecule has 0 saturated carbocycles. The normalized spacial score (nSPS) is 16.6. The minimum atomic E-state index is -0.691. The zero-order chi connectivity index (χ0) is 29.1. The molecule has 2 aromatic carbocycles. The van der Waals surface area contributed by atoms with Crippen LogP contribution in [-0.2, 0) is 4.79 Å². The maximum absolute atomic E-state index is 14.0. The number of carbonyl (C=O) groups is 2. The van der Waals surface area contributed by atoms with Crippen molar-refractivity contribution in [2.75, 3.05) is 51.5 Å².